The third-order valence-corrected chi connectivity index (χ3v) is 2.15. The summed E-state index contributed by atoms with van der Waals surface area (Å²) in [5, 5.41) is 6.39. The van der Waals surface area contributed by atoms with E-state index in [-0.39, 0.29) is 0 Å². The van der Waals surface area contributed by atoms with Crippen molar-refractivity contribution in [3.63, 3.8) is 0 Å². The molecule has 1 heterocycles. The molecule has 0 spiro atoms. The van der Waals surface area contributed by atoms with Crippen molar-refractivity contribution < 1.29 is 8.78 Å². The van der Waals surface area contributed by atoms with E-state index in [1.54, 1.807) is 0 Å². The Balaban J connectivity index is 2.24. The van der Waals surface area contributed by atoms with Gasteiger partial charge in [0, 0.05) is 12.5 Å². The van der Waals surface area contributed by atoms with Gasteiger partial charge in [0.25, 0.3) is 0 Å². The molecule has 0 bridgehead atoms. The van der Waals surface area contributed by atoms with Crippen LogP contribution in [0.4, 0.5) is 8.78 Å². The first-order valence-electron chi connectivity index (χ1n) is 4.15. The summed E-state index contributed by atoms with van der Waals surface area (Å²) >= 11 is 3.07. The highest BCUT2D eigenvalue weighted by Gasteiger charge is 2.05. The maximum atomic E-state index is 12.8. The molecule has 0 saturated heterocycles. The highest BCUT2D eigenvalue weighted by Crippen LogP contribution is 2.11. The van der Waals surface area contributed by atoms with Gasteiger partial charge >= 0.3 is 0 Å². The van der Waals surface area contributed by atoms with Crippen molar-refractivity contribution >= 4 is 15.9 Å². The first-order chi connectivity index (χ1) is 7.13. The average Bonchev–Trinajstić information content (AvgIpc) is 2.49. The Morgan fingerprint density at radius 3 is 2.40 bits per heavy atom. The molecule has 2 aromatic rings. The molecular weight excluding hydrogens is 268 g/mol. The number of hydrogen-bond acceptors (Lipinski definition) is 2. The minimum absolute atomic E-state index is 0.313. The highest BCUT2D eigenvalue weighted by atomic mass is 79.9. The Morgan fingerprint density at radius 2 is 1.87 bits per heavy atom. The molecule has 0 atom stereocenters. The molecule has 1 N–H and O–H groups in total. The number of H-pyrrole nitrogens is 1. The molecule has 0 aliphatic heterocycles. The predicted molar refractivity (Wildman–Crippen MR) is 53.2 cm³/mol. The van der Waals surface area contributed by atoms with Crippen molar-refractivity contribution in [3.05, 3.63) is 46.0 Å². The summed E-state index contributed by atoms with van der Waals surface area (Å²) < 4.78 is 26.1. The number of hydrogen-bond donors (Lipinski definition) is 1. The molecule has 6 heteroatoms. The molecule has 1 aromatic heterocycles. The molecule has 0 amide bonds. The number of halogens is 3. The van der Waals surface area contributed by atoms with Crippen molar-refractivity contribution in [1.29, 1.82) is 0 Å². The molecule has 0 radical (unpaired) electrons. The van der Waals surface area contributed by atoms with E-state index < -0.39 is 11.6 Å². The van der Waals surface area contributed by atoms with Gasteiger partial charge in [-0.25, -0.2) is 13.8 Å². The topological polar surface area (TPSA) is 41.6 Å². The maximum Gasteiger partial charge on any atom is 0.217 e. The monoisotopic (exact) mass is 273 g/mol. The van der Waals surface area contributed by atoms with Crippen molar-refractivity contribution in [2.45, 2.75) is 6.42 Å². The fraction of sp³-hybridized carbons (Fsp3) is 0.111. The summed E-state index contributed by atoms with van der Waals surface area (Å²) in [6.07, 6.45) is 0.313. The molecule has 0 saturated carbocycles. The zero-order valence-corrected chi connectivity index (χ0v) is 9.05. The lowest BCUT2D eigenvalue weighted by molar-refractivity contribution is 0.580. The van der Waals surface area contributed by atoms with Crippen LogP contribution in [0.1, 0.15) is 11.4 Å². The van der Waals surface area contributed by atoms with Crippen LogP contribution < -0.4 is 0 Å². The normalized spacial score (nSPS) is 10.6. The van der Waals surface area contributed by atoms with E-state index in [2.05, 4.69) is 31.1 Å². The van der Waals surface area contributed by atoms with Crippen LogP contribution in [0.15, 0.2) is 22.9 Å². The van der Waals surface area contributed by atoms with Gasteiger partial charge in [0.1, 0.15) is 17.5 Å². The molecule has 15 heavy (non-hydrogen) atoms. The zero-order valence-electron chi connectivity index (χ0n) is 7.47. The lowest BCUT2D eigenvalue weighted by Gasteiger charge is -1.98. The molecule has 0 aliphatic carbocycles. The first-order valence-corrected chi connectivity index (χ1v) is 4.94. The second-order valence-electron chi connectivity index (χ2n) is 3.01. The Bertz CT molecular complexity index is 464. The van der Waals surface area contributed by atoms with E-state index in [0.29, 0.717) is 22.5 Å². The Morgan fingerprint density at radius 1 is 1.20 bits per heavy atom. The van der Waals surface area contributed by atoms with Crippen LogP contribution in [0.25, 0.3) is 0 Å². The fourth-order valence-corrected chi connectivity index (χ4v) is 1.56. The zero-order chi connectivity index (χ0) is 10.8. The Hall–Kier alpha value is -1.30. The lowest BCUT2D eigenvalue weighted by Crippen LogP contribution is -1.93. The number of nitrogens with zero attached hydrogens (tertiary/aromatic N) is 2. The summed E-state index contributed by atoms with van der Waals surface area (Å²) in [4.78, 5) is 3.97. The van der Waals surface area contributed by atoms with Gasteiger partial charge in [0.15, 0.2) is 0 Å². The van der Waals surface area contributed by atoms with E-state index in [1.807, 2.05) is 0 Å². The van der Waals surface area contributed by atoms with Gasteiger partial charge in [0.05, 0.1) is 0 Å². The number of aromatic nitrogens is 3. The summed E-state index contributed by atoms with van der Waals surface area (Å²) in [7, 11) is 0. The van der Waals surface area contributed by atoms with Gasteiger partial charge < -0.3 is 0 Å². The van der Waals surface area contributed by atoms with E-state index in [0.717, 1.165) is 6.07 Å². The largest absolute Gasteiger partial charge is 0.262 e. The van der Waals surface area contributed by atoms with E-state index in [9.17, 15) is 8.78 Å². The maximum absolute atomic E-state index is 12.8. The molecule has 3 nitrogen and oxygen atoms in total. The van der Waals surface area contributed by atoms with Crippen LogP contribution in [0, 0.1) is 11.6 Å². The smallest absolute Gasteiger partial charge is 0.217 e. The summed E-state index contributed by atoms with van der Waals surface area (Å²) in [5.41, 5.74) is 0.510. The summed E-state index contributed by atoms with van der Waals surface area (Å²) in [5.74, 6) is -0.640. The standard InChI is InChI=1S/C9H6BrF2N3/c10-9-13-8(14-15-9)3-5-1-6(11)4-7(12)2-5/h1-2,4H,3H2,(H,13,14,15). The van der Waals surface area contributed by atoms with E-state index in [4.69, 9.17) is 0 Å². The van der Waals surface area contributed by atoms with Gasteiger partial charge in [-0.3, -0.25) is 5.10 Å². The summed E-state index contributed by atoms with van der Waals surface area (Å²) in [6.45, 7) is 0. The Labute approximate surface area is 92.7 Å². The molecule has 1 aromatic carbocycles. The molecule has 78 valence electrons. The Kier molecular flexibility index (Phi) is 2.77. The minimum atomic E-state index is -0.594. The second-order valence-corrected chi connectivity index (χ2v) is 3.71. The van der Waals surface area contributed by atoms with E-state index >= 15 is 0 Å². The van der Waals surface area contributed by atoms with Gasteiger partial charge in [-0.15, -0.1) is 5.10 Å². The van der Waals surface area contributed by atoms with Gasteiger partial charge in [0.2, 0.25) is 4.73 Å². The van der Waals surface area contributed by atoms with Crippen LogP contribution in [-0.2, 0) is 6.42 Å². The van der Waals surface area contributed by atoms with Crippen molar-refractivity contribution in [1.82, 2.24) is 15.2 Å². The van der Waals surface area contributed by atoms with Crippen molar-refractivity contribution in [2.75, 3.05) is 0 Å². The second kappa shape index (κ2) is 4.06. The molecule has 0 aliphatic rings. The van der Waals surface area contributed by atoms with Crippen LogP contribution in [0.2, 0.25) is 0 Å². The van der Waals surface area contributed by atoms with Gasteiger partial charge in [-0.1, -0.05) is 0 Å². The lowest BCUT2D eigenvalue weighted by atomic mass is 10.1. The SMILES string of the molecule is Fc1cc(F)cc(Cc2nc(Br)n[nH]2)c1. The quantitative estimate of drug-likeness (QED) is 0.913. The van der Waals surface area contributed by atoms with Crippen molar-refractivity contribution in [3.8, 4) is 0 Å². The molecular formula is C9H6BrF2N3. The van der Waals surface area contributed by atoms with Gasteiger partial charge in [-0.2, -0.15) is 0 Å². The first kappa shape index (κ1) is 10.2. The predicted octanol–water partition coefficient (Wildman–Crippen LogP) is 2.44. The molecule has 0 fully saturated rings. The fourth-order valence-electron chi connectivity index (χ4n) is 1.26. The summed E-state index contributed by atoms with van der Waals surface area (Å²) in [6, 6.07) is 3.36. The molecule has 2 rings (SSSR count). The van der Waals surface area contributed by atoms with E-state index in [1.165, 1.54) is 12.1 Å². The third kappa shape index (κ3) is 2.59. The van der Waals surface area contributed by atoms with Crippen LogP contribution in [0.3, 0.4) is 0 Å². The number of benzene rings is 1. The third-order valence-electron chi connectivity index (χ3n) is 1.80. The molecule has 0 unspecified atom stereocenters. The number of rotatable bonds is 2. The van der Waals surface area contributed by atoms with Crippen LogP contribution in [-0.4, -0.2) is 15.2 Å². The number of nitrogens with one attached hydrogen (secondary N) is 1. The van der Waals surface area contributed by atoms with Crippen molar-refractivity contribution in [2.24, 2.45) is 0 Å². The highest BCUT2D eigenvalue weighted by molar-refractivity contribution is 9.10. The minimum Gasteiger partial charge on any atom is -0.262 e. The van der Waals surface area contributed by atoms with Crippen LogP contribution in [0.5, 0.6) is 0 Å². The average molecular weight is 274 g/mol. The van der Waals surface area contributed by atoms with Crippen LogP contribution >= 0.6 is 15.9 Å². The number of aromatic amines is 1. The van der Waals surface area contributed by atoms with Gasteiger partial charge in [-0.05, 0) is 33.6 Å².